The first kappa shape index (κ1) is 14.2. The largest absolute Gasteiger partial charge is 0.382 e. The van der Waals surface area contributed by atoms with Crippen LogP contribution in [0, 0.1) is 32.4 Å². The summed E-state index contributed by atoms with van der Waals surface area (Å²) >= 11 is 3.01. The summed E-state index contributed by atoms with van der Waals surface area (Å²) in [4.78, 5) is 2.98. The molecule has 2 aromatic rings. The van der Waals surface area contributed by atoms with Gasteiger partial charge in [-0.05, 0) is 44.0 Å². The highest BCUT2D eigenvalue weighted by Crippen LogP contribution is 2.32. The van der Waals surface area contributed by atoms with Gasteiger partial charge in [-0.25, -0.2) is 8.78 Å². The fourth-order valence-corrected chi connectivity index (χ4v) is 2.51. The van der Waals surface area contributed by atoms with Gasteiger partial charge in [-0.2, -0.15) is 0 Å². The maximum absolute atomic E-state index is 13.8. The number of aliphatic hydroxyl groups is 1. The average Bonchev–Trinajstić information content (AvgIpc) is 2.55. The standard InChI is InChI=1S/C14H14BrF2NO/c1-6-7(2)13(18-8(6)3)14(19)12-10(16)4-9(15)5-11(12)17/h4-5,14,18-19H,1-3H3. The topological polar surface area (TPSA) is 36.0 Å². The van der Waals surface area contributed by atoms with Crippen LogP contribution in [0.25, 0.3) is 0 Å². The predicted molar refractivity (Wildman–Crippen MR) is 73.1 cm³/mol. The minimum Gasteiger partial charge on any atom is -0.382 e. The highest BCUT2D eigenvalue weighted by molar-refractivity contribution is 9.10. The lowest BCUT2D eigenvalue weighted by Crippen LogP contribution is -2.07. The lowest BCUT2D eigenvalue weighted by Gasteiger charge is -2.13. The second-order valence-electron chi connectivity index (χ2n) is 4.60. The molecule has 0 aliphatic heterocycles. The zero-order valence-corrected chi connectivity index (χ0v) is 12.4. The van der Waals surface area contributed by atoms with Crippen LogP contribution in [0.2, 0.25) is 0 Å². The smallest absolute Gasteiger partial charge is 0.133 e. The van der Waals surface area contributed by atoms with Crippen molar-refractivity contribution in [2.45, 2.75) is 26.9 Å². The first-order valence-electron chi connectivity index (χ1n) is 5.81. The van der Waals surface area contributed by atoms with E-state index in [9.17, 15) is 13.9 Å². The monoisotopic (exact) mass is 329 g/mol. The van der Waals surface area contributed by atoms with Crippen molar-refractivity contribution >= 4 is 15.9 Å². The Balaban J connectivity index is 2.56. The zero-order chi connectivity index (χ0) is 14.3. The quantitative estimate of drug-likeness (QED) is 0.856. The van der Waals surface area contributed by atoms with E-state index in [2.05, 4.69) is 20.9 Å². The summed E-state index contributed by atoms with van der Waals surface area (Å²) in [6.07, 6.45) is -1.35. The van der Waals surface area contributed by atoms with Crippen LogP contribution >= 0.6 is 15.9 Å². The lowest BCUT2D eigenvalue weighted by molar-refractivity contribution is 0.204. The minimum atomic E-state index is -1.35. The van der Waals surface area contributed by atoms with E-state index >= 15 is 0 Å². The third kappa shape index (κ3) is 2.44. The molecule has 0 fully saturated rings. The lowest BCUT2D eigenvalue weighted by atomic mass is 10.0. The van der Waals surface area contributed by atoms with Crippen LogP contribution in [0.5, 0.6) is 0 Å². The number of H-pyrrole nitrogens is 1. The Kier molecular flexibility index (Phi) is 3.78. The van der Waals surface area contributed by atoms with E-state index in [4.69, 9.17) is 0 Å². The third-order valence-corrected chi connectivity index (χ3v) is 3.90. The van der Waals surface area contributed by atoms with Crippen LogP contribution in [0.15, 0.2) is 16.6 Å². The Morgan fingerprint density at radius 1 is 1.11 bits per heavy atom. The van der Waals surface area contributed by atoms with E-state index < -0.39 is 17.7 Å². The maximum atomic E-state index is 13.8. The Morgan fingerprint density at radius 3 is 2.05 bits per heavy atom. The Morgan fingerprint density at radius 2 is 1.63 bits per heavy atom. The van der Waals surface area contributed by atoms with Gasteiger partial charge in [0.05, 0.1) is 11.3 Å². The first-order chi connectivity index (χ1) is 8.82. The van der Waals surface area contributed by atoms with Crippen molar-refractivity contribution in [3.8, 4) is 0 Å². The van der Waals surface area contributed by atoms with Gasteiger partial charge < -0.3 is 10.1 Å². The number of benzene rings is 1. The van der Waals surface area contributed by atoms with E-state index in [1.165, 1.54) is 0 Å². The molecule has 1 unspecified atom stereocenters. The molecule has 1 aromatic heterocycles. The van der Waals surface area contributed by atoms with Crippen LogP contribution in [-0.4, -0.2) is 10.1 Å². The summed E-state index contributed by atoms with van der Waals surface area (Å²) in [6, 6.07) is 2.28. The molecule has 1 heterocycles. The molecule has 0 aliphatic carbocycles. The molecular formula is C14H14BrF2NO. The molecule has 0 saturated carbocycles. The second kappa shape index (κ2) is 5.06. The maximum Gasteiger partial charge on any atom is 0.133 e. The number of rotatable bonds is 2. The number of nitrogens with one attached hydrogen (secondary N) is 1. The Labute approximate surface area is 118 Å². The van der Waals surface area contributed by atoms with Gasteiger partial charge in [0.1, 0.15) is 17.7 Å². The van der Waals surface area contributed by atoms with E-state index in [1.807, 2.05) is 20.8 Å². The van der Waals surface area contributed by atoms with E-state index in [0.29, 0.717) is 10.2 Å². The van der Waals surface area contributed by atoms with Gasteiger partial charge in [0.25, 0.3) is 0 Å². The van der Waals surface area contributed by atoms with Gasteiger partial charge in [0.15, 0.2) is 0 Å². The third-order valence-electron chi connectivity index (χ3n) is 3.44. The molecule has 0 spiro atoms. The summed E-state index contributed by atoms with van der Waals surface area (Å²) in [6.45, 7) is 5.56. The molecule has 102 valence electrons. The van der Waals surface area contributed by atoms with E-state index in [-0.39, 0.29) is 5.56 Å². The molecule has 5 heteroatoms. The normalized spacial score (nSPS) is 12.8. The van der Waals surface area contributed by atoms with Crippen molar-refractivity contribution < 1.29 is 13.9 Å². The molecular weight excluding hydrogens is 316 g/mol. The van der Waals surface area contributed by atoms with Crippen LogP contribution in [0.3, 0.4) is 0 Å². The van der Waals surface area contributed by atoms with Gasteiger partial charge in [-0.15, -0.1) is 0 Å². The first-order valence-corrected chi connectivity index (χ1v) is 6.60. The van der Waals surface area contributed by atoms with Crippen molar-refractivity contribution in [2.75, 3.05) is 0 Å². The van der Waals surface area contributed by atoms with Crippen LogP contribution < -0.4 is 0 Å². The molecule has 0 aliphatic rings. The van der Waals surface area contributed by atoms with Crippen LogP contribution in [-0.2, 0) is 0 Å². The number of aromatic amines is 1. The summed E-state index contributed by atoms with van der Waals surface area (Å²) in [5.74, 6) is -1.55. The van der Waals surface area contributed by atoms with Crippen molar-refractivity contribution in [2.24, 2.45) is 0 Å². The Hall–Kier alpha value is -1.20. The van der Waals surface area contributed by atoms with Crippen molar-refractivity contribution in [3.05, 3.63) is 56.3 Å². The number of aliphatic hydroxyl groups excluding tert-OH is 1. The fraction of sp³-hybridized carbons (Fsp3) is 0.286. The van der Waals surface area contributed by atoms with E-state index in [0.717, 1.165) is 29.0 Å². The minimum absolute atomic E-state index is 0.300. The predicted octanol–water partition coefficient (Wildman–Crippen LogP) is 4.06. The second-order valence-corrected chi connectivity index (χ2v) is 5.51. The number of aryl methyl sites for hydroxylation is 1. The van der Waals surface area contributed by atoms with Gasteiger partial charge >= 0.3 is 0 Å². The highest BCUT2D eigenvalue weighted by Gasteiger charge is 2.24. The van der Waals surface area contributed by atoms with Crippen LogP contribution in [0.1, 0.15) is 34.2 Å². The van der Waals surface area contributed by atoms with Crippen molar-refractivity contribution in [1.82, 2.24) is 4.98 Å². The van der Waals surface area contributed by atoms with Crippen molar-refractivity contribution in [3.63, 3.8) is 0 Å². The molecule has 19 heavy (non-hydrogen) atoms. The number of hydrogen-bond acceptors (Lipinski definition) is 1. The highest BCUT2D eigenvalue weighted by atomic mass is 79.9. The average molecular weight is 330 g/mol. The van der Waals surface area contributed by atoms with Gasteiger partial charge in [-0.3, -0.25) is 0 Å². The molecule has 0 radical (unpaired) electrons. The molecule has 1 aromatic carbocycles. The molecule has 2 N–H and O–H groups in total. The number of hydrogen-bond donors (Lipinski definition) is 2. The SMILES string of the molecule is Cc1[nH]c(C(O)c2c(F)cc(Br)cc2F)c(C)c1C. The van der Waals surface area contributed by atoms with E-state index in [1.54, 1.807) is 0 Å². The molecule has 2 rings (SSSR count). The zero-order valence-electron chi connectivity index (χ0n) is 10.8. The summed E-state index contributed by atoms with van der Waals surface area (Å²) in [5.41, 5.74) is 2.76. The molecule has 0 bridgehead atoms. The summed E-state index contributed by atoms with van der Waals surface area (Å²) < 4.78 is 28.0. The summed E-state index contributed by atoms with van der Waals surface area (Å²) in [7, 11) is 0. The molecule has 1 atom stereocenters. The molecule has 0 amide bonds. The van der Waals surface area contributed by atoms with Gasteiger partial charge in [-0.1, -0.05) is 15.9 Å². The molecule has 0 saturated heterocycles. The van der Waals surface area contributed by atoms with Gasteiger partial charge in [0.2, 0.25) is 0 Å². The van der Waals surface area contributed by atoms with Crippen molar-refractivity contribution in [1.29, 1.82) is 0 Å². The van der Waals surface area contributed by atoms with Gasteiger partial charge in [0, 0.05) is 10.2 Å². The summed E-state index contributed by atoms with van der Waals surface area (Å²) in [5, 5.41) is 10.2. The molecule has 2 nitrogen and oxygen atoms in total. The fourth-order valence-electron chi connectivity index (χ4n) is 2.11. The number of aromatic nitrogens is 1. The number of halogens is 3. The Bertz CT molecular complexity index is 614. The van der Waals surface area contributed by atoms with Crippen LogP contribution in [0.4, 0.5) is 8.78 Å².